The van der Waals surface area contributed by atoms with Crippen LogP contribution in [-0.4, -0.2) is 52.2 Å². The van der Waals surface area contributed by atoms with E-state index >= 15 is 0 Å². The van der Waals surface area contributed by atoms with Crippen LogP contribution in [0.25, 0.3) is 10.9 Å². The molecule has 0 saturated carbocycles. The van der Waals surface area contributed by atoms with Crippen molar-refractivity contribution in [3.05, 3.63) is 48.4 Å². The number of benzene rings is 1. The number of carbonyl (C=O) groups is 1. The van der Waals surface area contributed by atoms with Crippen molar-refractivity contribution in [2.24, 2.45) is 5.73 Å². The van der Waals surface area contributed by atoms with Gasteiger partial charge in [-0.15, -0.1) is 0 Å². The van der Waals surface area contributed by atoms with E-state index in [2.05, 4.69) is 41.2 Å². The lowest BCUT2D eigenvalue weighted by Crippen LogP contribution is -2.32. The first-order chi connectivity index (χ1) is 11.0. The second-order valence-corrected chi connectivity index (χ2v) is 5.61. The minimum atomic E-state index is -0.972. The van der Waals surface area contributed by atoms with Crippen LogP contribution >= 0.6 is 0 Å². The van der Waals surface area contributed by atoms with Gasteiger partial charge >= 0.3 is 5.97 Å². The summed E-state index contributed by atoms with van der Waals surface area (Å²) >= 11 is 0. The van der Waals surface area contributed by atoms with Crippen LogP contribution in [0.1, 0.15) is 12.5 Å². The van der Waals surface area contributed by atoms with E-state index < -0.39 is 12.0 Å². The van der Waals surface area contributed by atoms with E-state index in [1.807, 2.05) is 30.5 Å². The number of rotatable bonds is 4. The molecular weight excluding hydrogens is 292 g/mol. The molecule has 0 fully saturated rings. The van der Waals surface area contributed by atoms with Crippen LogP contribution in [0.2, 0.25) is 0 Å². The maximum Gasteiger partial charge on any atom is 0.320 e. The van der Waals surface area contributed by atoms with Gasteiger partial charge in [-0.1, -0.05) is 18.2 Å². The maximum absolute atomic E-state index is 10.6. The number of nitrogens with one attached hydrogen (secondary N) is 1. The second-order valence-electron chi connectivity index (χ2n) is 5.61. The van der Waals surface area contributed by atoms with E-state index in [1.54, 1.807) is 0 Å². The lowest BCUT2D eigenvalue weighted by Gasteiger charge is -2.14. The summed E-state index contributed by atoms with van der Waals surface area (Å²) < 4.78 is 0. The third kappa shape index (κ3) is 4.50. The molecule has 1 aromatic carbocycles. The van der Waals surface area contributed by atoms with Gasteiger partial charge in [0.1, 0.15) is 6.04 Å². The maximum atomic E-state index is 10.6. The molecule has 1 aromatic heterocycles. The number of H-pyrrole nitrogens is 1. The topological polar surface area (TPSA) is 85.6 Å². The van der Waals surface area contributed by atoms with Crippen LogP contribution in [0.4, 0.5) is 0 Å². The lowest BCUT2D eigenvalue weighted by molar-refractivity contribution is -0.138. The molecule has 1 aliphatic heterocycles. The first-order valence-corrected chi connectivity index (χ1v) is 7.67. The van der Waals surface area contributed by atoms with Crippen LogP contribution in [0, 0.1) is 0 Å². The zero-order chi connectivity index (χ0) is 16.8. The Morgan fingerprint density at radius 3 is 2.70 bits per heavy atom. The normalized spacial score (nSPS) is 14.7. The molecule has 0 bridgehead atoms. The number of hydrogen-bond acceptors (Lipinski definition) is 4. The van der Waals surface area contributed by atoms with Crippen molar-refractivity contribution in [1.82, 2.24) is 14.8 Å². The molecule has 6 nitrogen and oxygen atoms in total. The fourth-order valence-corrected chi connectivity index (χ4v) is 2.42. The van der Waals surface area contributed by atoms with Gasteiger partial charge < -0.3 is 25.6 Å². The predicted molar refractivity (Wildman–Crippen MR) is 91.8 cm³/mol. The Hall–Kier alpha value is -2.47. The highest BCUT2D eigenvalue weighted by Gasteiger charge is 2.14. The van der Waals surface area contributed by atoms with Gasteiger partial charge in [-0.25, -0.2) is 0 Å². The second kappa shape index (κ2) is 7.69. The van der Waals surface area contributed by atoms with Gasteiger partial charge in [-0.05, 0) is 18.6 Å². The quantitative estimate of drug-likeness (QED) is 0.801. The minimum absolute atomic E-state index is 0.347. The number of fused-ring (bicyclic) bond motifs is 1. The Kier molecular flexibility index (Phi) is 5.65. The molecular formula is C17H24N4O2. The predicted octanol–water partition coefficient (Wildman–Crippen LogP) is 1.80. The molecule has 124 valence electrons. The number of carboxylic acid groups (broad SMARTS) is 1. The summed E-state index contributed by atoms with van der Waals surface area (Å²) in [6.07, 6.45) is 6.36. The van der Waals surface area contributed by atoms with E-state index in [4.69, 9.17) is 10.8 Å². The van der Waals surface area contributed by atoms with Crippen molar-refractivity contribution in [2.75, 3.05) is 20.3 Å². The van der Waals surface area contributed by atoms with Crippen LogP contribution in [0.15, 0.2) is 42.9 Å². The van der Waals surface area contributed by atoms with Crippen molar-refractivity contribution in [3.8, 4) is 0 Å². The molecule has 0 spiro atoms. The minimum Gasteiger partial charge on any atom is -0.480 e. The number of para-hydroxylation sites is 1. The molecule has 0 aliphatic carbocycles. The summed E-state index contributed by atoms with van der Waals surface area (Å²) in [5, 5.41) is 9.75. The summed E-state index contributed by atoms with van der Waals surface area (Å²) in [6.45, 7) is 4.32. The van der Waals surface area contributed by atoms with Crippen LogP contribution in [0.3, 0.4) is 0 Å². The average molecular weight is 316 g/mol. The van der Waals surface area contributed by atoms with Gasteiger partial charge in [0.05, 0.1) is 6.67 Å². The van der Waals surface area contributed by atoms with Crippen LogP contribution in [0.5, 0.6) is 0 Å². The van der Waals surface area contributed by atoms with E-state index in [1.165, 1.54) is 0 Å². The molecule has 6 heteroatoms. The molecule has 3 rings (SSSR count). The number of carboxylic acids is 1. The molecule has 0 radical (unpaired) electrons. The lowest BCUT2D eigenvalue weighted by atomic mass is 10.1. The summed E-state index contributed by atoms with van der Waals surface area (Å²) in [6, 6.07) is 6.91. The van der Waals surface area contributed by atoms with Gasteiger partial charge in [-0.3, -0.25) is 4.79 Å². The highest BCUT2D eigenvalue weighted by Crippen LogP contribution is 2.18. The highest BCUT2D eigenvalue weighted by atomic mass is 16.4. The van der Waals surface area contributed by atoms with E-state index in [9.17, 15) is 4.79 Å². The van der Waals surface area contributed by atoms with Gasteiger partial charge in [-0.2, -0.15) is 0 Å². The third-order valence-electron chi connectivity index (χ3n) is 3.77. The molecule has 4 N–H and O–H groups in total. The van der Waals surface area contributed by atoms with Gasteiger partial charge in [0.25, 0.3) is 0 Å². The first-order valence-electron chi connectivity index (χ1n) is 7.67. The monoisotopic (exact) mass is 316 g/mol. The SMILES string of the molecule is CCN1C=CN(C)C1.NC(Cc1c[nH]c2ccccc12)C(=O)O. The standard InChI is InChI=1S/C11H12N2O2.C6H12N2/c12-9(11(14)15)5-7-6-13-10-4-2-1-3-8(7)10;1-3-8-5-4-7(2)6-8/h1-4,6,9,13H,5,12H2,(H,14,15);4-5H,3,6H2,1-2H3. The number of aliphatic carboxylic acids is 1. The van der Waals surface area contributed by atoms with Crippen LogP contribution in [-0.2, 0) is 11.2 Å². The number of hydrogen-bond donors (Lipinski definition) is 3. The summed E-state index contributed by atoms with van der Waals surface area (Å²) in [4.78, 5) is 18.1. The van der Waals surface area contributed by atoms with E-state index in [0.29, 0.717) is 6.42 Å². The van der Waals surface area contributed by atoms with Crippen molar-refractivity contribution in [1.29, 1.82) is 0 Å². The highest BCUT2D eigenvalue weighted by molar-refractivity contribution is 5.84. The van der Waals surface area contributed by atoms with E-state index in [-0.39, 0.29) is 0 Å². The van der Waals surface area contributed by atoms with Gasteiger partial charge in [0.2, 0.25) is 0 Å². The number of nitrogens with two attached hydrogens (primary N) is 1. The fourth-order valence-electron chi connectivity index (χ4n) is 2.42. The Bertz CT molecular complexity index is 680. The smallest absolute Gasteiger partial charge is 0.320 e. The zero-order valence-electron chi connectivity index (χ0n) is 13.6. The fraction of sp³-hybridized carbons (Fsp3) is 0.353. The summed E-state index contributed by atoms with van der Waals surface area (Å²) in [7, 11) is 2.08. The zero-order valence-corrected chi connectivity index (χ0v) is 13.6. The third-order valence-corrected chi connectivity index (χ3v) is 3.77. The first kappa shape index (κ1) is 16.9. The molecule has 2 aromatic rings. The molecule has 23 heavy (non-hydrogen) atoms. The van der Waals surface area contributed by atoms with E-state index in [0.717, 1.165) is 29.7 Å². The molecule has 0 amide bonds. The van der Waals surface area contributed by atoms with Crippen LogP contribution < -0.4 is 5.73 Å². The Morgan fingerprint density at radius 2 is 2.13 bits per heavy atom. The molecule has 1 aliphatic rings. The molecule has 1 unspecified atom stereocenters. The Labute approximate surface area is 136 Å². The van der Waals surface area contributed by atoms with Crippen molar-refractivity contribution < 1.29 is 9.90 Å². The Balaban J connectivity index is 0.000000203. The average Bonchev–Trinajstić information content (AvgIpc) is 3.14. The molecule has 1 atom stereocenters. The molecule has 0 saturated heterocycles. The summed E-state index contributed by atoms with van der Waals surface area (Å²) in [5.74, 6) is -0.972. The number of aromatic amines is 1. The van der Waals surface area contributed by atoms with Gasteiger partial charge in [0, 0.05) is 49.5 Å². The number of nitrogens with zero attached hydrogens (tertiary/aromatic N) is 2. The Morgan fingerprint density at radius 1 is 1.39 bits per heavy atom. The van der Waals surface area contributed by atoms with Crippen molar-refractivity contribution in [3.63, 3.8) is 0 Å². The van der Waals surface area contributed by atoms with Gasteiger partial charge in [0.15, 0.2) is 0 Å². The largest absolute Gasteiger partial charge is 0.480 e. The van der Waals surface area contributed by atoms with Crippen molar-refractivity contribution >= 4 is 16.9 Å². The number of aromatic nitrogens is 1. The van der Waals surface area contributed by atoms with Crippen molar-refractivity contribution in [2.45, 2.75) is 19.4 Å². The summed E-state index contributed by atoms with van der Waals surface area (Å²) in [5.41, 5.74) is 7.43. The molecule has 2 heterocycles.